The number of carbonyl (C=O) groups excluding carboxylic acids is 1. The highest BCUT2D eigenvalue weighted by molar-refractivity contribution is 8.00. The molecule has 0 radical (unpaired) electrons. The molecule has 1 aromatic heterocycles. The number of aromatic nitrogens is 3. The van der Waals surface area contributed by atoms with Crippen LogP contribution in [0.4, 0.5) is 5.69 Å². The first kappa shape index (κ1) is 15.1. The number of carbonyl (C=O) groups is 1. The van der Waals surface area contributed by atoms with E-state index in [9.17, 15) is 4.79 Å². The van der Waals surface area contributed by atoms with Crippen molar-refractivity contribution in [1.29, 1.82) is 0 Å². The predicted octanol–water partition coefficient (Wildman–Crippen LogP) is 3.35. The van der Waals surface area contributed by atoms with Crippen molar-refractivity contribution in [3.05, 3.63) is 35.7 Å². The summed E-state index contributed by atoms with van der Waals surface area (Å²) in [6.45, 7) is 5.96. The fourth-order valence-corrected chi connectivity index (χ4v) is 3.15. The molecule has 1 fully saturated rings. The Morgan fingerprint density at radius 3 is 2.91 bits per heavy atom. The van der Waals surface area contributed by atoms with Gasteiger partial charge in [0.25, 0.3) is 0 Å². The Balaban J connectivity index is 1.66. The Morgan fingerprint density at radius 1 is 1.41 bits per heavy atom. The highest BCUT2D eigenvalue weighted by Gasteiger charge is 2.28. The molecular weight excluding hydrogens is 296 g/mol. The molecule has 1 N–H and O–H groups in total. The molecule has 0 saturated heterocycles. The third-order valence-corrected chi connectivity index (χ3v) is 5.07. The van der Waals surface area contributed by atoms with Crippen LogP contribution in [0.2, 0.25) is 0 Å². The summed E-state index contributed by atoms with van der Waals surface area (Å²) in [4.78, 5) is 12.4. The van der Waals surface area contributed by atoms with Crippen LogP contribution in [-0.4, -0.2) is 25.9 Å². The number of anilines is 1. The second-order valence-electron chi connectivity index (χ2n) is 5.75. The molecule has 0 aliphatic heterocycles. The highest BCUT2D eigenvalue weighted by atomic mass is 32.2. The number of amides is 1. The molecule has 0 bridgehead atoms. The van der Waals surface area contributed by atoms with Crippen molar-refractivity contribution in [3.63, 3.8) is 0 Å². The lowest BCUT2D eigenvalue weighted by molar-refractivity contribution is -0.115. The van der Waals surface area contributed by atoms with Gasteiger partial charge >= 0.3 is 0 Å². The SMILES string of the molecule is Cc1cccc(NC(=O)C(C)Sc2nncn2C2CC2)c1C. The van der Waals surface area contributed by atoms with Gasteiger partial charge in [0.1, 0.15) is 6.33 Å². The van der Waals surface area contributed by atoms with Crippen molar-refractivity contribution in [3.8, 4) is 0 Å². The number of thioether (sulfide) groups is 1. The van der Waals surface area contributed by atoms with E-state index in [0.29, 0.717) is 6.04 Å². The van der Waals surface area contributed by atoms with Crippen LogP contribution in [0.15, 0.2) is 29.7 Å². The maximum Gasteiger partial charge on any atom is 0.237 e. The minimum Gasteiger partial charge on any atom is -0.325 e. The summed E-state index contributed by atoms with van der Waals surface area (Å²) in [5, 5.41) is 11.7. The largest absolute Gasteiger partial charge is 0.325 e. The van der Waals surface area contributed by atoms with Gasteiger partial charge in [-0.1, -0.05) is 23.9 Å². The molecule has 22 heavy (non-hydrogen) atoms. The molecule has 1 atom stereocenters. The molecule has 1 heterocycles. The molecule has 6 heteroatoms. The van der Waals surface area contributed by atoms with E-state index in [0.717, 1.165) is 16.4 Å². The summed E-state index contributed by atoms with van der Waals surface area (Å²) in [7, 11) is 0. The number of aryl methyl sites for hydroxylation is 1. The molecule has 1 saturated carbocycles. The van der Waals surface area contributed by atoms with Crippen molar-refractivity contribution in [2.75, 3.05) is 5.32 Å². The maximum atomic E-state index is 12.4. The Kier molecular flexibility index (Phi) is 4.20. The van der Waals surface area contributed by atoms with Crippen molar-refractivity contribution < 1.29 is 4.79 Å². The topological polar surface area (TPSA) is 59.8 Å². The zero-order chi connectivity index (χ0) is 15.7. The molecular formula is C16H20N4OS. The van der Waals surface area contributed by atoms with E-state index in [-0.39, 0.29) is 11.2 Å². The van der Waals surface area contributed by atoms with Crippen LogP contribution in [-0.2, 0) is 4.79 Å². The summed E-state index contributed by atoms with van der Waals surface area (Å²) in [5.41, 5.74) is 3.15. The van der Waals surface area contributed by atoms with Gasteiger partial charge in [-0.3, -0.25) is 4.79 Å². The van der Waals surface area contributed by atoms with Crippen LogP contribution < -0.4 is 5.32 Å². The first-order valence-corrected chi connectivity index (χ1v) is 8.37. The first-order chi connectivity index (χ1) is 10.6. The number of rotatable bonds is 5. The van der Waals surface area contributed by atoms with Gasteiger partial charge in [-0.25, -0.2) is 0 Å². The third-order valence-electron chi connectivity index (χ3n) is 3.99. The van der Waals surface area contributed by atoms with Gasteiger partial charge in [0.2, 0.25) is 5.91 Å². The number of benzene rings is 1. The summed E-state index contributed by atoms with van der Waals surface area (Å²) in [5.74, 6) is -0.0101. The number of hydrogen-bond donors (Lipinski definition) is 1. The number of nitrogens with one attached hydrogen (secondary N) is 1. The van der Waals surface area contributed by atoms with Crippen molar-refractivity contribution >= 4 is 23.4 Å². The van der Waals surface area contributed by atoms with E-state index in [1.165, 1.54) is 30.2 Å². The molecule has 1 aliphatic carbocycles. The zero-order valence-corrected chi connectivity index (χ0v) is 13.9. The standard InChI is InChI=1S/C16H20N4OS/c1-10-5-4-6-14(11(10)2)18-15(21)12(3)22-16-19-17-9-20(16)13-7-8-13/h4-6,9,12-13H,7-8H2,1-3H3,(H,18,21). The molecule has 1 aromatic carbocycles. The summed E-state index contributed by atoms with van der Waals surface area (Å²) < 4.78 is 2.08. The van der Waals surface area contributed by atoms with Crippen LogP contribution in [0.25, 0.3) is 0 Å². The number of nitrogens with zero attached hydrogens (tertiary/aromatic N) is 3. The summed E-state index contributed by atoms with van der Waals surface area (Å²) in [6, 6.07) is 6.46. The maximum absolute atomic E-state index is 12.4. The normalized spacial score (nSPS) is 15.6. The summed E-state index contributed by atoms with van der Waals surface area (Å²) in [6.07, 6.45) is 4.11. The molecule has 3 rings (SSSR count). The average Bonchev–Trinajstić information content (AvgIpc) is 3.24. The van der Waals surface area contributed by atoms with Crippen LogP contribution >= 0.6 is 11.8 Å². The van der Waals surface area contributed by atoms with Gasteiger partial charge in [0.05, 0.1) is 5.25 Å². The van der Waals surface area contributed by atoms with Gasteiger partial charge in [-0.2, -0.15) is 0 Å². The molecule has 1 amide bonds. The van der Waals surface area contributed by atoms with E-state index < -0.39 is 0 Å². The Morgan fingerprint density at radius 2 is 2.18 bits per heavy atom. The fraction of sp³-hybridized carbons (Fsp3) is 0.438. The van der Waals surface area contributed by atoms with E-state index >= 15 is 0 Å². The van der Waals surface area contributed by atoms with Gasteiger partial charge in [-0.15, -0.1) is 10.2 Å². The lowest BCUT2D eigenvalue weighted by Crippen LogP contribution is -2.23. The van der Waals surface area contributed by atoms with Gasteiger partial charge in [-0.05, 0) is 50.8 Å². The van der Waals surface area contributed by atoms with Crippen molar-refractivity contribution in [2.24, 2.45) is 0 Å². The fourth-order valence-electron chi connectivity index (χ4n) is 2.25. The van der Waals surface area contributed by atoms with Crippen LogP contribution in [0, 0.1) is 13.8 Å². The molecule has 5 nitrogen and oxygen atoms in total. The number of hydrogen-bond acceptors (Lipinski definition) is 4. The Bertz CT molecular complexity index is 693. The lowest BCUT2D eigenvalue weighted by Gasteiger charge is -2.14. The molecule has 2 aromatic rings. The predicted molar refractivity (Wildman–Crippen MR) is 88.2 cm³/mol. The van der Waals surface area contributed by atoms with Crippen molar-refractivity contribution in [1.82, 2.24) is 14.8 Å². The first-order valence-electron chi connectivity index (χ1n) is 7.49. The van der Waals surface area contributed by atoms with Gasteiger partial charge in [0, 0.05) is 11.7 Å². The Labute approximate surface area is 134 Å². The van der Waals surface area contributed by atoms with E-state index in [4.69, 9.17) is 0 Å². The molecule has 1 unspecified atom stereocenters. The quantitative estimate of drug-likeness (QED) is 0.859. The zero-order valence-electron chi connectivity index (χ0n) is 13.0. The molecule has 116 valence electrons. The monoisotopic (exact) mass is 316 g/mol. The highest BCUT2D eigenvalue weighted by Crippen LogP contribution is 2.38. The van der Waals surface area contributed by atoms with E-state index in [1.807, 2.05) is 39.0 Å². The third kappa shape index (κ3) is 3.16. The summed E-state index contributed by atoms with van der Waals surface area (Å²) >= 11 is 1.46. The van der Waals surface area contributed by atoms with Gasteiger partial charge < -0.3 is 9.88 Å². The van der Waals surface area contributed by atoms with Crippen LogP contribution in [0.3, 0.4) is 0 Å². The minimum absolute atomic E-state index is 0.0101. The van der Waals surface area contributed by atoms with Crippen molar-refractivity contribution in [2.45, 2.75) is 50.1 Å². The van der Waals surface area contributed by atoms with Gasteiger partial charge in [0.15, 0.2) is 5.16 Å². The second kappa shape index (κ2) is 6.12. The Hall–Kier alpha value is -1.82. The minimum atomic E-state index is -0.221. The molecule has 1 aliphatic rings. The van der Waals surface area contributed by atoms with Crippen LogP contribution in [0.5, 0.6) is 0 Å². The average molecular weight is 316 g/mol. The van der Waals surface area contributed by atoms with E-state index in [1.54, 1.807) is 6.33 Å². The van der Waals surface area contributed by atoms with E-state index in [2.05, 4.69) is 20.1 Å². The second-order valence-corrected chi connectivity index (χ2v) is 7.06. The lowest BCUT2D eigenvalue weighted by atomic mass is 10.1. The van der Waals surface area contributed by atoms with Crippen LogP contribution in [0.1, 0.15) is 36.9 Å². The molecule has 0 spiro atoms. The smallest absolute Gasteiger partial charge is 0.237 e.